The number of anilines is 2. The van der Waals surface area contributed by atoms with Crippen molar-refractivity contribution >= 4 is 11.5 Å². The van der Waals surface area contributed by atoms with E-state index < -0.39 is 0 Å². The molecular formula is C7H12N4. The van der Waals surface area contributed by atoms with Gasteiger partial charge in [-0.2, -0.15) is 5.10 Å². The zero-order valence-electron chi connectivity index (χ0n) is 6.54. The van der Waals surface area contributed by atoms with Crippen LogP contribution in [0.15, 0.2) is 6.20 Å². The van der Waals surface area contributed by atoms with Crippen LogP contribution in [0.2, 0.25) is 0 Å². The number of nitrogens with one attached hydrogen (secondary N) is 1. The summed E-state index contributed by atoms with van der Waals surface area (Å²) in [7, 11) is 0. The van der Waals surface area contributed by atoms with E-state index in [9.17, 15) is 0 Å². The van der Waals surface area contributed by atoms with Crippen molar-refractivity contribution in [2.24, 2.45) is 5.92 Å². The van der Waals surface area contributed by atoms with Crippen molar-refractivity contribution in [1.82, 2.24) is 9.78 Å². The molecule has 0 aliphatic carbocycles. The maximum Gasteiger partial charge on any atom is 0.147 e. The van der Waals surface area contributed by atoms with E-state index >= 15 is 0 Å². The Morgan fingerprint density at radius 1 is 1.82 bits per heavy atom. The number of hydrogen-bond acceptors (Lipinski definition) is 3. The molecule has 2 rings (SSSR count). The fraction of sp³-hybridized carbons (Fsp3) is 0.571. The van der Waals surface area contributed by atoms with Gasteiger partial charge in [0.25, 0.3) is 0 Å². The number of fused-ring (bicyclic) bond motifs is 1. The lowest BCUT2D eigenvalue weighted by atomic mass is 10.1. The van der Waals surface area contributed by atoms with Crippen LogP contribution < -0.4 is 11.1 Å². The summed E-state index contributed by atoms with van der Waals surface area (Å²) < 4.78 is 1.92. The summed E-state index contributed by atoms with van der Waals surface area (Å²) in [6, 6.07) is 0. The molecule has 0 saturated heterocycles. The van der Waals surface area contributed by atoms with Gasteiger partial charge in [-0.25, -0.2) is 4.68 Å². The third kappa shape index (κ3) is 0.943. The molecule has 1 aromatic heterocycles. The Balaban J connectivity index is 2.36. The molecule has 1 unspecified atom stereocenters. The Hall–Kier alpha value is -1.19. The van der Waals surface area contributed by atoms with E-state index in [1.54, 1.807) is 6.20 Å². The molecule has 0 spiro atoms. The van der Waals surface area contributed by atoms with Crippen LogP contribution in [0.1, 0.15) is 6.92 Å². The third-order valence-electron chi connectivity index (χ3n) is 1.97. The number of hydrogen-bond donors (Lipinski definition) is 2. The summed E-state index contributed by atoms with van der Waals surface area (Å²) in [5.41, 5.74) is 6.41. The maximum atomic E-state index is 5.66. The highest BCUT2D eigenvalue weighted by atomic mass is 15.3. The van der Waals surface area contributed by atoms with Crippen molar-refractivity contribution in [1.29, 1.82) is 0 Å². The molecule has 11 heavy (non-hydrogen) atoms. The Kier molecular flexibility index (Phi) is 1.27. The molecule has 4 heteroatoms. The molecule has 1 atom stereocenters. The summed E-state index contributed by atoms with van der Waals surface area (Å²) >= 11 is 0. The van der Waals surface area contributed by atoms with E-state index in [-0.39, 0.29) is 0 Å². The Labute approximate surface area is 65.4 Å². The second-order valence-corrected chi connectivity index (χ2v) is 3.12. The van der Waals surface area contributed by atoms with Crippen LogP contribution in [-0.4, -0.2) is 16.3 Å². The van der Waals surface area contributed by atoms with Gasteiger partial charge in [0.1, 0.15) is 5.82 Å². The van der Waals surface area contributed by atoms with Gasteiger partial charge in [0, 0.05) is 13.1 Å². The molecule has 2 heterocycles. The van der Waals surface area contributed by atoms with Gasteiger partial charge in [-0.05, 0) is 5.92 Å². The van der Waals surface area contributed by atoms with Crippen LogP contribution in [0.3, 0.4) is 0 Å². The van der Waals surface area contributed by atoms with Crippen LogP contribution in [0.25, 0.3) is 0 Å². The van der Waals surface area contributed by atoms with Gasteiger partial charge in [0.15, 0.2) is 0 Å². The third-order valence-corrected chi connectivity index (χ3v) is 1.97. The SMILES string of the molecule is CC1CNc2c(N)cnn2C1. The number of aromatic nitrogens is 2. The fourth-order valence-electron chi connectivity index (χ4n) is 1.36. The molecule has 0 saturated carbocycles. The van der Waals surface area contributed by atoms with Gasteiger partial charge >= 0.3 is 0 Å². The van der Waals surface area contributed by atoms with Crippen molar-refractivity contribution in [2.45, 2.75) is 13.5 Å². The highest BCUT2D eigenvalue weighted by Gasteiger charge is 2.16. The maximum absolute atomic E-state index is 5.66. The lowest BCUT2D eigenvalue weighted by molar-refractivity contribution is 0.445. The summed E-state index contributed by atoms with van der Waals surface area (Å²) in [5, 5.41) is 7.37. The lowest BCUT2D eigenvalue weighted by Crippen LogP contribution is -2.25. The first-order chi connectivity index (χ1) is 5.27. The standard InChI is InChI=1S/C7H12N4/c1-5-2-9-7-6(8)3-10-11(7)4-5/h3,5,9H,2,4,8H2,1H3. The minimum Gasteiger partial charge on any atom is -0.394 e. The topological polar surface area (TPSA) is 55.9 Å². The molecule has 0 radical (unpaired) electrons. The summed E-state index contributed by atoms with van der Waals surface area (Å²) in [4.78, 5) is 0. The minimum atomic E-state index is 0.641. The van der Waals surface area contributed by atoms with E-state index in [2.05, 4.69) is 17.3 Å². The number of nitrogens with two attached hydrogens (primary N) is 1. The zero-order valence-corrected chi connectivity index (χ0v) is 6.54. The van der Waals surface area contributed by atoms with Gasteiger partial charge in [-0.3, -0.25) is 0 Å². The van der Waals surface area contributed by atoms with Crippen LogP contribution in [-0.2, 0) is 6.54 Å². The quantitative estimate of drug-likeness (QED) is 0.570. The Morgan fingerprint density at radius 2 is 2.64 bits per heavy atom. The molecule has 60 valence electrons. The molecule has 4 nitrogen and oxygen atoms in total. The Bertz CT molecular complexity index is 265. The predicted molar refractivity (Wildman–Crippen MR) is 44.3 cm³/mol. The van der Waals surface area contributed by atoms with E-state index in [4.69, 9.17) is 5.73 Å². The number of rotatable bonds is 0. The molecular weight excluding hydrogens is 140 g/mol. The molecule has 3 N–H and O–H groups in total. The largest absolute Gasteiger partial charge is 0.394 e. The van der Waals surface area contributed by atoms with Gasteiger partial charge in [-0.15, -0.1) is 0 Å². The van der Waals surface area contributed by atoms with Crippen LogP contribution in [0.5, 0.6) is 0 Å². The average molecular weight is 152 g/mol. The molecule has 1 aliphatic heterocycles. The van der Waals surface area contributed by atoms with Gasteiger partial charge < -0.3 is 11.1 Å². The normalized spacial score (nSPS) is 22.5. The number of nitrogens with zero attached hydrogens (tertiary/aromatic N) is 2. The summed E-state index contributed by atoms with van der Waals surface area (Å²) in [6.45, 7) is 4.16. The summed E-state index contributed by atoms with van der Waals surface area (Å²) in [6.07, 6.45) is 1.69. The monoisotopic (exact) mass is 152 g/mol. The number of nitrogen functional groups attached to an aromatic ring is 1. The molecule has 0 aromatic carbocycles. The molecule has 0 fully saturated rings. The van der Waals surface area contributed by atoms with Crippen LogP contribution in [0, 0.1) is 5.92 Å². The lowest BCUT2D eigenvalue weighted by Gasteiger charge is -2.21. The van der Waals surface area contributed by atoms with Crippen molar-refractivity contribution in [3.05, 3.63) is 6.20 Å². The van der Waals surface area contributed by atoms with Crippen LogP contribution in [0.4, 0.5) is 11.5 Å². The predicted octanol–water partition coefficient (Wildman–Crippen LogP) is 0.527. The van der Waals surface area contributed by atoms with E-state index in [0.717, 1.165) is 24.6 Å². The highest BCUT2D eigenvalue weighted by Crippen LogP contribution is 2.22. The molecule has 0 amide bonds. The van der Waals surface area contributed by atoms with E-state index in [1.165, 1.54) is 0 Å². The second-order valence-electron chi connectivity index (χ2n) is 3.12. The molecule has 0 bridgehead atoms. The van der Waals surface area contributed by atoms with Crippen LogP contribution >= 0.6 is 0 Å². The Morgan fingerprint density at radius 3 is 3.45 bits per heavy atom. The van der Waals surface area contributed by atoms with Crippen molar-refractivity contribution in [3.63, 3.8) is 0 Å². The van der Waals surface area contributed by atoms with E-state index in [1.807, 2.05) is 4.68 Å². The fourth-order valence-corrected chi connectivity index (χ4v) is 1.36. The van der Waals surface area contributed by atoms with E-state index in [0.29, 0.717) is 5.92 Å². The van der Waals surface area contributed by atoms with Crippen molar-refractivity contribution in [3.8, 4) is 0 Å². The van der Waals surface area contributed by atoms with Gasteiger partial charge in [0.2, 0.25) is 0 Å². The first kappa shape index (κ1) is 6.52. The zero-order chi connectivity index (χ0) is 7.84. The minimum absolute atomic E-state index is 0.641. The van der Waals surface area contributed by atoms with Gasteiger partial charge in [0.05, 0.1) is 11.9 Å². The molecule has 1 aromatic rings. The summed E-state index contributed by atoms with van der Waals surface area (Å²) in [5.74, 6) is 1.62. The second kappa shape index (κ2) is 2.15. The average Bonchev–Trinajstić information content (AvgIpc) is 2.32. The smallest absolute Gasteiger partial charge is 0.147 e. The highest BCUT2D eigenvalue weighted by molar-refractivity contribution is 5.61. The van der Waals surface area contributed by atoms with Gasteiger partial charge in [-0.1, -0.05) is 6.92 Å². The first-order valence-corrected chi connectivity index (χ1v) is 3.82. The molecule has 1 aliphatic rings. The first-order valence-electron chi connectivity index (χ1n) is 3.82. The van der Waals surface area contributed by atoms with Crippen molar-refractivity contribution in [2.75, 3.05) is 17.6 Å². The van der Waals surface area contributed by atoms with Crippen molar-refractivity contribution < 1.29 is 0 Å².